The summed E-state index contributed by atoms with van der Waals surface area (Å²) in [6.07, 6.45) is -0.0289. The molecule has 1 atom stereocenters. The van der Waals surface area contributed by atoms with E-state index in [9.17, 15) is 19.1 Å². The van der Waals surface area contributed by atoms with Gasteiger partial charge in [0.15, 0.2) is 0 Å². The number of carbonyl (C=O) groups is 2. The summed E-state index contributed by atoms with van der Waals surface area (Å²) in [7, 11) is 0. The first-order valence-electron chi connectivity index (χ1n) is 11.5. The lowest BCUT2D eigenvalue weighted by Gasteiger charge is -2.23. The van der Waals surface area contributed by atoms with E-state index in [0.717, 1.165) is 0 Å². The number of aromatic nitrogens is 2. The van der Waals surface area contributed by atoms with Crippen molar-refractivity contribution >= 4 is 34.4 Å². The number of Topliss-reactive ketones (excluding diaryl/α,β-unsaturated/α-hetero) is 1. The number of anilines is 1. The summed E-state index contributed by atoms with van der Waals surface area (Å²) in [4.78, 5) is 35.5. The van der Waals surface area contributed by atoms with Crippen LogP contribution in [-0.4, -0.2) is 32.9 Å². The van der Waals surface area contributed by atoms with Crippen molar-refractivity contribution in [1.82, 2.24) is 9.97 Å². The van der Waals surface area contributed by atoms with Gasteiger partial charge in [-0.25, -0.2) is 9.37 Å². The fourth-order valence-corrected chi connectivity index (χ4v) is 4.37. The Balaban J connectivity index is 1.69. The van der Waals surface area contributed by atoms with Crippen LogP contribution in [0.4, 0.5) is 10.3 Å². The van der Waals surface area contributed by atoms with E-state index < -0.39 is 23.5 Å². The maximum absolute atomic E-state index is 13.9. The minimum absolute atomic E-state index is 0.0289. The highest BCUT2D eigenvalue weighted by molar-refractivity contribution is 6.51. The fraction of sp³-hybridized carbons (Fsp3) is 0.179. The Kier molecular flexibility index (Phi) is 5.80. The Bertz CT molecular complexity index is 1490. The van der Waals surface area contributed by atoms with Crippen LogP contribution in [0.2, 0.25) is 0 Å². The van der Waals surface area contributed by atoms with E-state index >= 15 is 0 Å². The highest BCUT2D eigenvalue weighted by atomic mass is 19.1. The second-order valence-corrected chi connectivity index (χ2v) is 8.95. The van der Waals surface area contributed by atoms with Crippen molar-refractivity contribution in [3.8, 4) is 5.75 Å². The molecule has 1 aromatic heterocycles. The highest BCUT2D eigenvalue weighted by Gasteiger charge is 2.48. The zero-order valence-electron chi connectivity index (χ0n) is 19.9. The van der Waals surface area contributed by atoms with Gasteiger partial charge in [-0.2, -0.15) is 0 Å². The number of para-hydroxylation sites is 2. The van der Waals surface area contributed by atoms with Gasteiger partial charge in [-0.1, -0.05) is 24.3 Å². The first-order chi connectivity index (χ1) is 17.2. The number of rotatable bonds is 5. The quantitative estimate of drug-likeness (QED) is 0.223. The third kappa shape index (κ3) is 4.00. The Hall–Kier alpha value is -4.46. The molecule has 1 aliphatic rings. The zero-order valence-corrected chi connectivity index (χ0v) is 19.9. The van der Waals surface area contributed by atoms with Crippen molar-refractivity contribution in [3.05, 3.63) is 94.8 Å². The van der Waals surface area contributed by atoms with Gasteiger partial charge in [-0.15, -0.1) is 0 Å². The average molecular weight is 486 g/mol. The first kappa shape index (κ1) is 23.3. The topological polar surface area (TPSA) is 95.5 Å². The summed E-state index contributed by atoms with van der Waals surface area (Å²) in [6.45, 7) is 5.38. The van der Waals surface area contributed by atoms with Gasteiger partial charge < -0.3 is 14.8 Å². The number of nitrogens with zero attached hydrogens (tertiary/aromatic N) is 2. The summed E-state index contributed by atoms with van der Waals surface area (Å²) in [5, 5.41) is 11.2. The van der Waals surface area contributed by atoms with Gasteiger partial charge in [-0.05, 0) is 74.4 Å². The first-order valence-corrected chi connectivity index (χ1v) is 11.5. The molecule has 0 bridgehead atoms. The number of H-pyrrole nitrogens is 1. The molecule has 7 nitrogen and oxygen atoms in total. The summed E-state index contributed by atoms with van der Waals surface area (Å²) in [6, 6.07) is 17.3. The van der Waals surface area contributed by atoms with E-state index in [1.54, 1.807) is 37.3 Å². The number of halogens is 1. The van der Waals surface area contributed by atoms with Crippen LogP contribution >= 0.6 is 0 Å². The van der Waals surface area contributed by atoms with Gasteiger partial charge >= 0.3 is 5.91 Å². The highest BCUT2D eigenvalue weighted by Crippen LogP contribution is 2.42. The van der Waals surface area contributed by atoms with Crippen LogP contribution < -0.4 is 9.64 Å². The molecule has 4 aromatic rings. The maximum atomic E-state index is 13.9. The number of aryl methyl sites for hydroxylation is 1. The number of hydrogen-bond donors (Lipinski definition) is 2. The van der Waals surface area contributed by atoms with E-state index in [4.69, 9.17) is 4.74 Å². The van der Waals surface area contributed by atoms with Gasteiger partial charge in [0, 0.05) is 5.56 Å². The molecule has 0 radical (unpaired) electrons. The number of imidazole rings is 1. The maximum Gasteiger partial charge on any atom is 0.302 e. The largest absolute Gasteiger partial charge is 0.507 e. The van der Waals surface area contributed by atoms with Crippen molar-refractivity contribution in [2.24, 2.45) is 0 Å². The molecule has 3 aromatic carbocycles. The Morgan fingerprint density at radius 3 is 2.47 bits per heavy atom. The number of ether oxygens (including phenoxy) is 1. The molecule has 0 aliphatic carbocycles. The van der Waals surface area contributed by atoms with Crippen molar-refractivity contribution in [3.63, 3.8) is 0 Å². The van der Waals surface area contributed by atoms with Crippen LogP contribution in [0.3, 0.4) is 0 Å². The lowest BCUT2D eigenvalue weighted by Crippen LogP contribution is -2.30. The van der Waals surface area contributed by atoms with Crippen LogP contribution in [0.25, 0.3) is 16.8 Å². The third-order valence-corrected chi connectivity index (χ3v) is 6.05. The standard InChI is InChI=1S/C28H24FN3O4/c1-15(2)36-19-11-8-17(9-12-19)24-23(25(33)18-10-13-20(29)16(3)14-18)26(34)27(35)32(24)28-30-21-6-4-5-7-22(21)31-28/h4-15,24,33H,1-3H3,(H,30,31)/b25-23+. The van der Waals surface area contributed by atoms with E-state index in [1.165, 1.54) is 23.1 Å². The molecule has 36 heavy (non-hydrogen) atoms. The average Bonchev–Trinajstić information content (AvgIpc) is 3.39. The number of ketones is 1. The van der Waals surface area contributed by atoms with E-state index in [0.29, 0.717) is 27.9 Å². The summed E-state index contributed by atoms with van der Waals surface area (Å²) in [5.41, 5.74) is 2.33. The van der Waals surface area contributed by atoms with Gasteiger partial charge in [0.05, 0.1) is 28.8 Å². The molecule has 0 saturated carbocycles. The molecule has 8 heteroatoms. The number of aromatic amines is 1. The van der Waals surface area contributed by atoms with Crippen LogP contribution in [0.1, 0.15) is 36.6 Å². The lowest BCUT2D eigenvalue weighted by molar-refractivity contribution is -0.132. The predicted octanol–water partition coefficient (Wildman–Crippen LogP) is 5.42. The van der Waals surface area contributed by atoms with E-state index in [-0.39, 0.29) is 28.9 Å². The van der Waals surface area contributed by atoms with Crippen LogP contribution in [-0.2, 0) is 9.59 Å². The molecule has 182 valence electrons. The van der Waals surface area contributed by atoms with E-state index in [1.807, 2.05) is 32.0 Å². The number of carbonyl (C=O) groups excluding carboxylic acids is 2. The summed E-state index contributed by atoms with van der Waals surface area (Å²) in [5.74, 6) is -1.71. The number of amides is 1. The second kappa shape index (κ2) is 8.96. The van der Waals surface area contributed by atoms with Crippen LogP contribution in [0.15, 0.2) is 72.3 Å². The second-order valence-electron chi connectivity index (χ2n) is 8.95. The Labute approximate surface area is 206 Å². The summed E-state index contributed by atoms with van der Waals surface area (Å²) >= 11 is 0. The van der Waals surface area contributed by atoms with Crippen molar-refractivity contribution in [2.75, 3.05) is 4.90 Å². The molecule has 2 heterocycles. The van der Waals surface area contributed by atoms with Gasteiger partial charge in [0.2, 0.25) is 5.95 Å². The Morgan fingerprint density at radius 2 is 1.81 bits per heavy atom. The Morgan fingerprint density at radius 1 is 1.08 bits per heavy atom. The van der Waals surface area contributed by atoms with Gasteiger partial charge in [0.1, 0.15) is 17.3 Å². The molecule has 1 fully saturated rings. The molecule has 0 spiro atoms. The predicted molar refractivity (Wildman–Crippen MR) is 134 cm³/mol. The molecule has 5 rings (SSSR count). The van der Waals surface area contributed by atoms with Crippen LogP contribution in [0, 0.1) is 12.7 Å². The summed E-state index contributed by atoms with van der Waals surface area (Å²) < 4.78 is 19.6. The number of aliphatic hydroxyl groups is 1. The smallest absolute Gasteiger partial charge is 0.302 e. The molecule has 1 saturated heterocycles. The molecule has 2 N–H and O–H groups in total. The van der Waals surface area contributed by atoms with Crippen LogP contribution in [0.5, 0.6) is 5.75 Å². The lowest BCUT2D eigenvalue weighted by atomic mass is 9.95. The van der Waals surface area contributed by atoms with E-state index in [2.05, 4.69) is 9.97 Å². The van der Waals surface area contributed by atoms with Crippen molar-refractivity contribution in [2.45, 2.75) is 32.9 Å². The molecule has 1 aliphatic heterocycles. The van der Waals surface area contributed by atoms with Gasteiger partial charge in [-0.3, -0.25) is 14.5 Å². The molecule has 1 amide bonds. The minimum atomic E-state index is -0.968. The number of nitrogens with one attached hydrogen (secondary N) is 1. The molecular formula is C28H24FN3O4. The van der Waals surface area contributed by atoms with Gasteiger partial charge in [0.25, 0.3) is 5.78 Å². The minimum Gasteiger partial charge on any atom is -0.507 e. The molecule has 1 unspecified atom stereocenters. The van der Waals surface area contributed by atoms with Crippen molar-refractivity contribution in [1.29, 1.82) is 0 Å². The zero-order chi connectivity index (χ0) is 25.6. The molecular weight excluding hydrogens is 461 g/mol. The number of benzene rings is 3. The monoisotopic (exact) mass is 485 g/mol. The van der Waals surface area contributed by atoms with Crippen molar-refractivity contribution < 1.29 is 23.8 Å². The normalized spacial score (nSPS) is 17.4. The third-order valence-electron chi connectivity index (χ3n) is 6.05. The number of aliphatic hydroxyl groups excluding tert-OH is 1. The fourth-order valence-electron chi connectivity index (χ4n) is 4.37. The SMILES string of the molecule is Cc1cc(/C(O)=C2\C(=O)C(=O)N(c3nc4ccccc4[nH]3)C2c2ccc(OC(C)C)cc2)ccc1F. The number of hydrogen-bond acceptors (Lipinski definition) is 5. The number of fused-ring (bicyclic) bond motifs is 1.